The van der Waals surface area contributed by atoms with Crippen molar-refractivity contribution in [1.82, 2.24) is 4.98 Å². The quantitative estimate of drug-likeness (QED) is 0.697. The normalized spacial score (nSPS) is 10.1. The van der Waals surface area contributed by atoms with Gasteiger partial charge in [-0.2, -0.15) is 4.39 Å². The molecule has 0 bridgehead atoms. The van der Waals surface area contributed by atoms with E-state index in [0.717, 1.165) is 0 Å². The molecule has 60 valence electrons. The van der Waals surface area contributed by atoms with Crippen LogP contribution in [0.1, 0.15) is 5.69 Å². The Kier molecular flexibility index (Phi) is 2.41. The Morgan fingerprint density at radius 1 is 1.73 bits per heavy atom. The number of nitrogens with zero attached hydrogens (tertiary/aromatic N) is 1. The van der Waals surface area contributed by atoms with Crippen LogP contribution in [0.25, 0.3) is 0 Å². The minimum Gasteiger partial charge on any atom is -0.398 e. The number of nitrogens with two attached hydrogens (primary N) is 1. The summed E-state index contributed by atoms with van der Waals surface area (Å²) in [4.78, 5) is 3.41. The number of aromatic nitrogens is 1. The molecule has 1 rings (SSSR count). The zero-order chi connectivity index (χ0) is 8.43. The lowest BCUT2D eigenvalue weighted by Crippen LogP contribution is -1.98. The number of hydrogen-bond acceptors (Lipinski definition) is 3. The number of nitrogen functional groups attached to an aromatic ring is 1. The molecule has 0 atom stereocenters. The maximum absolute atomic E-state index is 12.7. The zero-order valence-electron chi connectivity index (χ0n) is 5.51. The van der Waals surface area contributed by atoms with Gasteiger partial charge in [-0.3, -0.25) is 0 Å². The predicted molar refractivity (Wildman–Crippen MR) is 42.2 cm³/mol. The molecular weight excluding hydrogens is 215 g/mol. The molecule has 0 aromatic carbocycles. The van der Waals surface area contributed by atoms with E-state index >= 15 is 0 Å². The van der Waals surface area contributed by atoms with Gasteiger partial charge in [0.2, 0.25) is 5.95 Å². The van der Waals surface area contributed by atoms with Gasteiger partial charge >= 0.3 is 0 Å². The van der Waals surface area contributed by atoms with Gasteiger partial charge in [0.25, 0.3) is 0 Å². The zero-order valence-corrected chi connectivity index (χ0v) is 7.10. The minimum absolute atomic E-state index is 0.134. The van der Waals surface area contributed by atoms with Crippen molar-refractivity contribution in [3.8, 4) is 0 Å². The van der Waals surface area contributed by atoms with E-state index in [9.17, 15) is 4.39 Å². The number of anilines is 1. The van der Waals surface area contributed by atoms with Crippen molar-refractivity contribution in [3.05, 3.63) is 22.2 Å². The van der Waals surface area contributed by atoms with Crippen LogP contribution >= 0.6 is 15.9 Å². The second kappa shape index (κ2) is 3.15. The van der Waals surface area contributed by atoms with E-state index in [1.807, 2.05) is 0 Å². The summed E-state index contributed by atoms with van der Waals surface area (Å²) in [6.07, 6.45) is 0. The second-order valence-corrected chi connectivity index (χ2v) is 2.76. The predicted octanol–water partition coefficient (Wildman–Crippen LogP) is 1.06. The molecule has 1 aromatic rings. The highest BCUT2D eigenvalue weighted by molar-refractivity contribution is 9.10. The molecule has 5 heteroatoms. The molecular formula is C6H6BrFN2O. The lowest BCUT2D eigenvalue weighted by atomic mass is 10.3. The fraction of sp³-hybridized carbons (Fsp3) is 0.167. The summed E-state index contributed by atoms with van der Waals surface area (Å²) in [6.45, 7) is -0.311. The molecule has 0 radical (unpaired) electrons. The molecule has 0 aliphatic heterocycles. The molecule has 0 spiro atoms. The Labute approximate surface area is 71.2 Å². The van der Waals surface area contributed by atoms with Gasteiger partial charge in [-0.25, -0.2) is 4.98 Å². The number of aliphatic hydroxyl groups excluding tert-OH is 1. The number of rotatable bonds is 1. The van der Waals surface area contributed by atoms with Crippen molar-refractivity contribution in [1.29, 1.82) is 0 Å². The summed E-state index contributed by atoms with van der Waals surface area (Å²) in [6, 6.07) is 1.41. The SMILES string of the molecule is Nc1cc(CO)nc(F)c1Br. The third-order valence-corrected chi connectivity index (χ3v) is 1.95. The first-order valence-electron chi connectivity index (χ1n) is 2.86. The Morgan fingerprint density at radius 2 is 2.36 bits per heavy atom. The van der Waals surface area contributed by atoms with Crippen molar-refractivity contribution in [2.75, 3.05) is 5.73 Å². The Balaban J connectivity index is 3.21. The van der Waals surface area contributed by atoms with Gasteiger partial charge in [0.05, 0.1) is 22.5 Å². The lowest BCUT2D eigenvalue weighted by Gasteiger charge is -2.00. The molecule has 0 unspecified atom stereocenters. The van der Waals surface area contributed by atoms with E-state index < -0.39 is 5.95 Å². The maximum Gasteiger partial charge on any atom is 0.229 e. The molecule has 3 N–H and O–H groups in total. The fourth-order valence-corrected chi connectivity index (χ4v) is 0.854. The monoisotopic (exact) mass is 220 g/mol. The highest BCUT2D eigenvalue weighted by Crippen LogP contribution is 2.21. The van der Waals surface area contributed by atoms with Crippen molar-refractivity contribution < 1.29 is 9.50 Å². The fourth-order valence-electron chi connectivity index (χ4n) is 0.650. The van der Waals surface area contributed by atoms with Gasteiger partial charge in [-0.15, -0.1) is 0 Å². The highest BCUT2D eigenvalue weighted by atomic mass is 79.9. The van der Waals surface area contributed by atoms with Crippen LogP contribution in [0.3, 0.4) is 0 Å². The van der Waals surface area contributed by atoms with E-state index in [-0.39, 0.29) is 22.5 Å². The number of hydrogen-bond donors (Lipinski definition) is 2. The van der Waals surface area contributed by atoms with Gasteiger partial charge in [-0.05, 0) is 22.0 Å². The summed E-state index contributed by atoms with van der Waals surface area (Å²) in [7, 11) is 0. The lowest BCUT2D eigenvalue weighted by molar-refractivity contribution is 0.275. The van der Waals surface area contributed by atoms with E-state index in [2.05, 4.69) is 20.9 Å². The van der Waals surface area contributed by atoms with Gasteiger partial charge < -0.3 is 10.8 Å². The highest BCUT2D eigenvalue weighted by Gasteiger charge is 2.06. The Bertz CT molecular complexity index is 256. The average Bonchev–Trinajstić information content (AvgIpc) is 1.99. The van der Waals surface area contributed by atoms with Crippen LogP contribution < -0.4 is 5.73 Å². The molecule has 1 aromatic heterocycles. The van der Waals surface area contributed by atoms with Crippen LogP contribution in [0.4, 0.5) is 10.1 Å². The molecule has 0 fully saturated rings. The Hall–Kier alpha value is -0.680. The van der Waals surface area contributed by atoms with Crippen molar-refractivity contribution in [2.45, 2.75) is 6.61 Å². The summed E-state index contributed by atoms with van der Waals surface area (Å²) in [5.41, 5.74) is 5.82. The van der Waals surface area contributed by atoms with Gasteiger partial charge in [-0.1, -0.05) is 0 Å². The van der Waals surface area contributed by atoms with E-state index in [1.165, 1.54) is 6.07 Å². The molecule has 0 aliphatic carbocycles. The third kappa shape index (κ3) is 1.66. The molecule has 0 amide bonds. The summed E-state index contributed by atoms with van der Waals surface area (Å²) >= 11 is 2.90. The number of halogens is 2. The largest absolute Gasteiger partial charge is 0.398 e. The third-order valence-electron chi connectivity index (χ3n) is 1.16. The topological polar surface area (TPSA) is 59.1 Å². The number of pyridine rings is 1. The molecule has 0 aliphatic rings. The first-order valence-corrected chi connectivity index (χ1v) is 3.65. The van der Waals surface area contributed by atoms with Crippen LogP contribution in [0.2, 0.25) is 0 Å². The van der Waals surface area contributed by atoms with Crippen LogP contribution in [-0.2, 0) is 6.61 Å². The van der Waals surface area contributed by atoms with E-state index in [4.69, 9.17) is 10.8 Å². The van der Waals surface area contributed by atoms with E-state index in [0.29, 0.717) is 0 Å². The summed E-state index contributed by atoms with van der Waals surface area (Å²) in [5, 5.41) is 8.58. The first kappa shape index (κ1) is 8.42. The maximum atomic E-state index is 12.7. The van der Waals surface area contributed by atoms with E-state index in [1.54, 1.807) is 0 Å². The van der Waals surface area contributed by atoms with Crippen molar-refractivity contribution in [2.24, 2.45) is 0 Å². The molecule has 1 heterocycles. The molecule has 0 saturated carbocycles. The first-order chi connectivity index (χ1) is 5.15. The number of aliphatic hydroxyl groups is 1. The standard InChI is InChI=1S/C6H6BrFN2O/c7-5-4(9)1-3(2-11)10-6(5)8/h1,11H,2H2,(H2,9,10). The molecule has 11 heavy (non-hydrogen) atoms. The molecule has 0 saturated heterocycles. The molecule has 3 nitrogen and oxygen atoms in total. The van der Waals surface area contributed by atoms with Gasteiger partial charge in [0.1, 0.15) is 0 Å². The Morgan fingerprint density at radius 3 is 2.82 bits per heavy atom. The summed E-state index contributed by atoms with van der Waals surface area (Å²) < 4.78 is 12.8. The smallest absolute Gasteiger partial charge is 0.229 e. The van der Waals surface area contributed by atoms with Crippen molar-refractivity contribution in [3.63, 3.8) is 0 Å². The summed E-state index contributed by atoms with van der Waals surface area (Å²) in [5.74, 6) is -0.700. The van der Waals surface area contributed by atoms with Crippen LogP contribution in [0.5, 0.6) is 0 Å². The van der Waals surface area contributed by atoms with Gasteiger partial charge in [0.15, 0.2) is 0 Å². The average molecular weight is 221 g/mol. The van der Waals surface area contributed by atoms with Gasteiger partial charge in [0, 0.05) is 0 Å². The van der Waals surface area contributed by atoms with Crippen LogP contribution in [0, 0.1) is 5.95 Å². The second-order valence-electron chi connectivity index (χ2n) is 1.97. The van der Waals surface area contributed by atoms with Crippen LogP contribution in [0.15, 0.2) is 10.5 Å². The van der Waals surface area contributed by atoms with Crippen LogP contribution in [-0.4, -0.2) is 10.1 Å². The minimum atomic E-state index is -0.700. The van der Waals surface area contributed by atoms with Crippen molar-refractivity contribution >= 4 is 21.6 Å².